The molecule has 0 aromatic heterocycles. The monoisotopic (exact) mass is 882 g/mol. The van der Waals surface area contributed by atoms with Crippen molar-refractivity contribution < 1.29 is 15.0 Å². The third-order valence-electron chi connectivity index (χ3n) is 13.1. The van der Waals surface area contributed by atoms with E-state index in [0.717, 1.165) is 38.5 Å². The van der Waals surface area contributed by atoms with Crippen LogP contribution in [0.2, 0.25) is 0 Å². The first-order valence-electron chi connectivity index (χ1n) is 28.4. The minimum Gasteiger partial charge on any atom is -0.394 e. The molecule has 1 amide bonds. The number of allylic oxidation sites excluding steroid dienone is 7. The molecule has 370 valence electrons. The van der Waals surface area contributed by atoms with Crippen LogP contribution in [0.1, 0.15) is 303 Å². The first-order chi connectivity index (χ1) is 31.2. The summed E-state index contributed by atoms with van der Waals surface area (Å²) in [5, 5.41) is 23.0. The first-order valence-corrected chi connectivity index (χ1v) is 28.4. The van der Waals surface area contributed by atoms with Crippen LogP contribution < -0.4 is 5.32 Å². The average Bonchev–Trinajstić information content (AvgIpc) is 3.29. The number of hydrogen-bond acceptors (Lipinski definition) is 3. The number of carbonyl (C=O) groups excluding carboxylic acids is 1. The molecule has 0 rings (SSSR count). The Hall–Kier alpha value is -1.65. The smallest absolute Gasteiger partial charge is 0.220 e. The van der Waals surface area contributed by atoms with Gasteiger partial charge < -0.3 is 15.5 Å². The van der Waals surface area contributed by atoms with E-state index in [1.165, 1.54) is 244 Å². The van der Waals surface area contributed by atoms with Gasteiger partial charge in [0.05, 0.1) is 18.8 Å². The van der Waals surface area contributed by atoms with E-state index in [1.54, 1.807) is 6.08 Å². The van der Waals surface area contributed by atoms with Crippen LogP contribution in [0.4, 0.5) is 0 Å². The van der Waals surface area contributed by atoms with Crippen molar-refractivity contribution in [2.45, 2.75) is 315 Å². The van der Waals surface area contributed by atoms with Crippen molar-refractivity contribution >= 4 is 5.91 Å². The molecular weight excluding hydrogens is 771 g/mol. The number of unbranched alkanes of at least 4 members (excludes halogenated alkanes) is 39. The van der Waals surface area contributed by atoms with Crippen LogP contribution in [0.25, 0.3) is 0 Å². The molecule has 0 aliphatic rings. The Balaban J connectivity index is 3.39. The summed E-state index contributed by atoms with van der Waals surface area (Å²) in [5.41, 5.74) is 0. The van der Waals surface area contributed by atoms with E-state index in [4.69, 9.17) is 0 Å². The minimum absolute atomic E-state index is 0.0607. The van der Waals surface area contributed by atoms with E-state index in [2.05, 4.69) is 55.6 Å². The maximum atomic E-state index is 12.4. The number of amides is 1. The molecule has 0 spiro atoms. The summed E-state index contributed by atoms with van der Waals surface area (Å²) < 4.78 is 0. The van der Waals surface area contributed by atoms with Crippen LogP contribution in [0, 0.1) is 0 Å². The van der Waals surface area contributed by atoms with Gasteiger partial charge in [-0.3, -0.25) is 4.79 Å². The van der Waals surface area contributed by atoms with Crippen molar-refractivity contribution in [3.8, 4) is 0 Å². The van der Waals surface area contributed by atoms with Gasteiger partial charge in [-0.05, 0) is 57.8 Å². The molecule has 0 fully saturated rings. The summed E-state index contributed by atoms with van der Waals surface area (Å²) in [6, 6.07) is -0.619. The van der Waals surface area contributed by atoms with Crippen LogP contribution in [-0.4, -0.2) is 34.9 Å². The largest absolute Gasteiger partial charge is 0.394 e. The third kappa shape index (κ3) is 51.2. The fourth-order valence-electron chi connectivity index (χ4n) is 8.72. The van der Waals surface area contributed by atoms with E-state index in [1.807, 2.05) is 6.08 Å². The van der Waals surface area contributed by atoms with Gasteiger partial charge in [0.2, 0.25) is 5.91 Å². The molecule has 0 radical (unpaired) electrons. The van der Waals surface area contributed by atoms with Crippen molar-refractivity contribution in [2.24, 2.45) is 0 Å². The molecule has 2 unspecified atom stereocenters. The van der Waals surface area contributed by atoms with Gasteiger partial charge >= 0.3 is 0 Å². The van der Waals surface area contributed by atoms with Crippen molar-refractivity contribution in [2.75, 3.05) is 6.61 Å². The molecule has 4 heteroatoms. The van der Waals surface area contributed by atoms with Crippen LogP contribution in [0.5, 0.6) is 0 Å². The highest BCUT2D eigenvalue weighted by molar-refractivity contribution is 5.76. The quantitative estimate of drug-likeness (QED) is 0.0421. The fraction of sp³-hybridized carbons (Fsp3) is 0.847. The molecule has 0 aliphatic heterocycles. The normalized spacial score (nSPS) is 13.1. The lowest BCUT2D eigenvalue weighted by Crippen LogP contribution is -2.45. The van der Waals surface area contributed by atoms with E-state index >= 15 is 0 Å². The molecule has 2 atom stereocenters. The Morgan fingerprint density at radius 1 is 0.381 bits per heavy atom. The molecule has 0 aromatic rings. The maximum absolute atomic E-state index is 12.4. The van der Waals surface area contributed by atoms with Gasteiger partial charge in [-0.1, -0.05) is 287 Å². The Kier molecular flexibility index (Phi) is 53.3. The predicted octanol–water partition coefficient (Wildman–Crippen LogP) is 18.6. The Bertz CT molecular complexity index is 1000. The summed E-state index contributed by atoms with van der Waals surface area (Å²) in [7, 11) is 0. The van der Waals surface area contributed by atoms with E-state index in [9.17, 15) is 15.0 Å². The highest BCUT2D eigenvalue weighted by Crippen LogP contribution is 2.17. The highest BCUT2D eigenvalue weighted by atomic mass is 16.3. The lowest BCUT2D eigenvalue weighted by Gasteiger charge is -2.20. The zero-order valence-corrected chi connectivity index (χ0v) is 42.6. The van der Waals surface area contributed by atoms with Gasteiger partial charge in [0.15, 0.2) is 0 Å². The summed E-state index contributed by atoms with van der Waals surface area (Å²) in [6.45, 7) is 4.30. The first kappa shape index (κ1) is 61.4. The van der Waals surface area contributed by atoms with E-state index in [-0.39, 0.29) is 12.5 Å². The Morgan fingerprint density at radius 2 is 0.651 bits per heavy atom. The van der Waals surface area contributed by atoms with Gasteiger partial charge in [0.25, 0.3) is 0 Å². The van der Waals surface area contributed by atoms with Crippen LogP contribution in [0.15, 0.2) is 48.6 Å². The van der Waals surface area contributed by atoms with Gasteiger partial charge in [0.1, 0.15) is 0 Å². The number of hydrogen-bond donors (Lipinski definition) is 3. The predicted molar refractivity (Wildman–Crippen MR) is 281 cm³/mol. The molecule has 4 nitrogen and oxygen atoms in total. The molecule has 0 saturated carbocycles. The van der Waals surface area contributed by atoms with Crippen LogP contribution in [0.3, 0.4) is 0 Å². The van der Waals surface area contributed by atoms with Gasteiger partial charge in [0, 0.05) is 6.42 Å². The average molecular weight is 883 g/mol. The topological polar surface area (TPSA) is 69.6 Å². The van der Waals surface area contributed by atoms with Gasteiger partial charge in [-0.15, -0.1) is 0 Å². The minimum atomic E-state index is -0.836. The van der Waals surface area contributed by atoms with E-state index in [0.29, 0.717) is 6.42 Å². The lowest BCUT2D eigenvalue weighted by molar-refractivity contribution is -0.123. The molecule has 0 aliphatic carbocycles. The van der Waals surface area contributed by atoms with Crippen molar-refractivity contribution in [1.82, 2.24) is 5.32 Å². The van der Waals surface area contributed by atoms with E-state index < -0.39 is 12.1 Å². The number of carbonyl (C=O) groups is 1. The summed E-state index contributed by atoms with van der Waals surface area (Å²) in [6.07, 6.45) is 75.7. The highest BCUT2D eigenvalue weighted by Gasteiger charge is 2.18. The molecular formula is C59H111NO3. The standard InChI is InChI=1S/C59H111NO3/c1-3-5-7-9-11-13-15-17-18-19-20-21-22-23-24-25-26-27-28-29-30-31-32-33-34-35-36-37-38-39-40-41-42-43-45-47-49-51-53-55-59(63)60-57(56-61)58(62)54-52-50-48-46-44-16-14-12-10-8-6-4-2/h15,17,19-20,22-23,52,54,57-58,61-62H,3-14,16,18,21,24-51,53,55-56H2,1-2H3,(H,60,63)/b17-15-,20-19-,23-22-,54-52+. The molecule has 0 aromatic carbocycles. The molecule has 3 N–H and O–H groups in total. The lowest BCUT2D eigenvalue weighted by atomic mass is 10.0. The van der Waals surface area contributed by atoms with Gasteiger partial charge in [-0.25, -0.2) is 0 Å². The molecule has 0 saturated heterocycles. The van der Waals surface area contributed by atoms with Crippen LogP contribution in [-0.2, 0) is 4.79 Å². The van der Waals surface area contributed by atoms with Crippen molar-refractivity contribution in [3.05, 3.63) is 48.6 Å². The Morgan fingerprint density at radius 3 is 0.968 bits per heavy atom. The fourth-order valence-corrected chi connectivity index (χ4v) is 8.72. The van der Waals surface area contributed by atoms with Crippen molar-refractivity contribution in [1.29, 1.82) is 0 Å². The second kappa shape index (κ2) is 54.7. The second-order valence-corrected chi connectivity index (χ2v) is 19.4. The van der Waals surface area contributed by atoms with Gasteiger partial charge in [-0.2, -0.15) is 0 Å². The number of rotatable bonds is 52. The summed E-state index contributed by atoms with van der Waals surface area (Å²) in [4.78, 5) is 12.4. The molecule has 0 bridgehead atoms. The maximum Gasteiger partial charge on any atom is 0.220 e. The zero-order chi connectivity index (χ0) is 45.6. The summed E-state index contributed by atoms with van der Waals surface area (Å²) >= 11 is 0. The number of nitrogens with one attached hydrogen (secondary N) is 1. The van der Waals surface area contributed by atoms with Crippen molar-refractivity contribution in [3.63, 3.8) is 0 Å². The zero-order valence-electron chi connectivity index (χ0n) is 42.6. The molecule has 63 heavy (non-hydrogen) atoms. The third-order valence-corrected chi connectivity index (χ3v) is 13.1. The number of aliphatic hydroxyl groups is 2. The summed E-state index contributed by atoms with van der Waals surface area (Å²) in [5.74, 6) is -0.0607. The van der Waals surface area contributed by atoms with Crippen LogP contribution >= 0.6 is 0 Å². The molecule has 0 heterocycles. The number of aliphatic hydroxyl groups excluding tert-OH is 2. The second-order valence-electron chi connectivity index (χ2n) is 19.4. The Labute approximate surface area is 394 Å². The SMILES string of the molecule is CCCCCCC/C=C\C/C=C\C/C=C\CCCCCCCCCCCCCCCCCCCCCCCCCCC(=O)NC(CO)C(O)/C=C/CCCCCCCCCCCC.